The lowest BCUT2D eigenvalue weighted by molar-refractivity contribution is -0.132. The molecule has 0 aromatic heterocycles. The smallest absolute Gasteiger partial charge is 0.222 e. The number of hydrogen-bond donors (Lipinski definition) is 3. The molecule has 3 rings (SSSR count). The fourth-order valence-corrected chi connectivity index (χ4v) is 9.50. The molecule has 0 spiro atoms. The molecule has 6 nitrogen and oxygen atoms in total. The predicted molar refractivity (Wildman–Crippen MR) is 199 cm³/mol. The Labute approximate surface area is 293 Å². The Balaban J connectivity index is 2.22. The van der Waals surface area contributed by atoms with Crippen molar-refractivity contribution in [2.75, 3.05) is 32.9 Å². The van der Waals surface area contributed by atoms with Crippen LogP contribution in [0, 0.1) is 0 Å². The van der Waals surface area contributed by atoms with E-state index in [1.54, 1.807) is 0 Å². The largest absolute Gasteiger partial charge is 0.507 e. The van der Waals surface area contributed by atoms with E-state index in [9.17, 15) is 20.1 Å². The number of benzene rings is 2. The van der Waals surface area contributed by atoms with E-state index < -0.39 is 0 Å². The van der Waals surface area contributed by atoms with Gasteiger partial charge in [-0.05, 0) is 64.7 Å². The van der Waals surface area contributed by atoms with Crippen LogP contribution in [-0.2, 0) is 26.5 Å². The van der Waals surface area contributed by atoms with E-state index in [-0.39, 0.29) is 51.5 Å². The Morgan fingerprint density at radius 3 is 1.77 bits per heavy atom. The van der Waals surface area contributed by atoms with Crippen LogP contribution in [0.1, 0.15) is 131 Å². The number of ether oxygens (including phenoxy) is 1. The van der Waals surface area contributed by atoms with Gasteiger partial charge in [0.25, 0.3) is 0 Å². The second-order valence-corrected chi connectivity index (χ2v) is 20.2. The molecule has 1 heterocycles. The maximum Gasteiger partial charge on any atom is 0.222 e. The van der Waals surface area contributed by atoms with Gasteiger partial charge in [-0.25, -0.2) is 0 Å². The van der Waals surface area contributed by atoms with Gasteiger partial charge in [-0.15, -0.1) is 23.5 Å². The van der Waals surface area contributed by atoms with Crippen LogP contribution in [0.4, 0.5) is 0 Å². The molecule has 0 radical (unpaired) electrons. The van der Waals surface area contributed by atoms with E-state index in [0.29, 0.717) is 31.7 Å². The van der Waals surface area contributed by atoms with Gasteiger partial charge in [-0.2, -0.15) is 0 Å². The van der Waals surface area contributed by atoms with Gasteiger partial charge in [0.15, 0.2) is 0 Å². The number of amides is 1. The van der Waals surface area contributed by atoms with Crippen molar-refractivity contribution in [3.8, 4) is 11.5 Å². The van der Waals surface area contributed by atoms with Gasteiger partial charge in [0.05, 0.1) is 10.7 Å². The van der Waals surface area contributed by atoms with Crippen LogP contribution in [-0.4, -0.2) is 63.1 Å². The summed E-state index contributed by atoms with van der Waals surface area (Å²) in [5.41, 5.74) is 3.26. The van der Waals surface area contributed by atoms with Crippen LogP contribution < -0.4 is 4.74 Å². The summed E-state index contributed by atoms with van der Waals surface area (Å²) in [5, 5.41) is 30.5. The molecular weight excluding hydrogens is 627 g/mol. The molecule has 1 aliphatic heterocycles. The average Bonchev–Trinajstić information content (AvgIpc) is 2.93. The van der Waals surface area contributed by atoms with Crippen LogP contribution in [0.25, 0.3) is 0 Å². The molecule has 0 unspecified atom stereocenters. The first-order valence-electron chi connectivity index (χ1n) is 17.1. The number of aliphatic hydroxyl groups excluding tert-OH is 2. The molecule has 1 amide bonds. The maximum atomic E-state index is 13.0. The van der Waals surface area contributed by atoms with E-state index in [2.05, 4.69) is 107 Å². The highest BCUT2D eigenvalue weighted by Gasteiger charge is 2.41. The van der Waals surface area contributed by atoms with Gasteiger partial charge >= 0.3 is 0 Å². The number of phenols is 1. The van der Waals surface area contributed by atoms with Crippen molar-refractivity contribution >= 4 is 29.4 Å². The third kappa shape index (κ3) is 9.86. The van der Waals surface area contributed by atoms with Crippen LogP contribution in [0.15, 0.2) is 34.1 Å². The zero-order valence-corrected chi connectivity index (χ0v) is 32.7. The summed E-state index contributed by atoms with van der Waals surface area (Å²) < 4.78 is 6.09. The van der Waals surface area contributed by atoms with Crippen molar-refractivity contribution < 1.29 is 24.9 Å². The molecule has 2 aromatic rings. The standard InChI is InChI=1S/C39H61NO5S2/c1-35(2,3)27-15-16-30(32(38(10,11)12)34(27)45-23-22-42)47-39(17-19-40(20-18-39)31(43)14-13-21-41)46-26-24-28(36(4,5)6)33(44)29(25-26)37(7,8)9/h15-16,24-25,41-42,44H,13-14,17-23H2,1-12H3. The van der Waals surface area contributed by atoms with Gasteiger partial charge in [-0.1, -0.05) is 89.2 Å². The monoisotopic (exact) mass is 687 g/mol. The van der Waals surface area contributed by atoms with E-state index in [0.717, 1.165) is 50.6 Å². The number of phenolic OH excluding ortho intramolecular Hbond substituents is 1. The summed E-state index contributed by atoms with van der Waals surface area (Å²) in [5.74, 6) is 1.33. The number of likely N-dealkylation sites (tertiary alicyclic amines) is 1. The number of aliphatic hydroxyl groups is 2. The highest BCUT2D eigenvalue weighted by Crippen LogP contribution is 2.56. The summed E-state index contributed by atoms with van der Waals surface area (Å²) in [7, 11) is 0. The van der Waals surface area contributed by atoms with Crippen molar-refractivity contribution in [2.24, 2.45) is 0 Å². The Kier molecular flexibility index (Phi) is 12.6. The summed E-state index contributed by atoms with van der Waals surface area (Å²) >= 11 is 3.72. The number of piperidine rings is 1. The molecule has 0 bridgehead atoms. The fraction of sp³-hybridized carbons (Fsp3) is 0.667. The Morgan fingerprint density at radius 1 is 0.787 bits per heavy atom. The van der Waals surface area contributed by atoms with Crippen LogP contribution >= 0.6 is 23.5 Å². The number of carbonyl (C=O) groups is 1. The first kappa shape index (κ1) is 39.6. The van der Waals surface area contributed by atoms with E-state index in [4.69, 9.17) is 4.74 Å². The number of thioether (sulfide) groups is 2. The van der Waals surface area contributed by atoms with E-state index in [1.165, 1.54) is 0 Å². The minimum Gasteiger partial charge on any atom is -0.507 e. The highest BCUT2D eigenvalue weighted by atomic mass is 32.2. The Bertz CT molecular complexity index is 1350. The lowest BCUT2D eigenvalue weighted by atomic mass is 9.79. The summed E-state index contributed by atoms with van der Waals surface area (Å²) in [6.45, 7) is 27.6. The number of rotatable bonds is 10. The fourth-order valence-electron chi connectivity index (χ4n) is 6.18. The van der Waals surface area contributed by atoms with Gasteiger partial charge in [-0.3, -0.25) is 4.79 Å². The molecule has 0 aliphatic carbocycles. The molecular formula is C39H61NO5S2. The third-order valence-electron chi connectivity index (χ3n) is 8.74. The second-order valence-electron chi connectivity index (χ2n) is 17.1. The van der Waals surface area contributed by atoms with Crippen molar-refractivity contribution in [3.63, 3.8) is 0 Å². The van der Waals surface area contributed by atoms with Gasteiger partial charge in [0, 0.05) is 52.6 Å². The molecule has 1 aliphatic rings. The highest BCUT2D eigenvalue weighted by molar-refractivity contribution is 8.18. The molecule has 47 heavy (non-hydrogen) atoms. The van der Waals surface area contributed by atoms with Crippen molar-refractivity contribution in [1.29, 1.82) is 0 Å². The van der Waals surface area contributed by atoms with Crippen molar-refractivity contribution in [1.82, 2.24) is 4.90 Å². The first-order chi connectivity index (χ1) is 21.5. The first-order valence-corrected chi connectivity index (χ1v) is 18.7. The molecule has 3 N–H and O–H groups in total. The topological polar surface area (TPSA) is 90.2 Å². The second kappa shape index (κ2) is 14.9. The summed E-state index contributed by atoms with van der Waals surface area (Å²) in [6, 6.07) is 8.77. The number of hydrogen-bond acceptors (Lipinski definition) is 7. The molecule has 0 saturated carbocycles. The predicted octanol–water partition coefficient (Wildman–Crippen LogP) is 8.93. The Hall–Kier alpha value is -1.87. The molecule has 1 fully saturated rings. The van der Waals surface area contributed by atoms with Gasteiger partial charge < -0.3 is 25.0 Å². The van der Waals surface area contributed by atoms with Crippen LogP contribution in [0.2, 0.25) is 0 Å². The molecule has 8 heteroatoms. The quantitative estimate of drug-likeness (QED) is 0.215. The maximum absolute atomic E-state index is 13.0. The normalized spacial score (nSPS) is 16.0. The van der Waals surface area contributed by atoms with E-state index >= 15 is 0 Å². The third-order valence-corrected chi connectivity index (χ3v) is 11.8. The zero-order chi connectivity index (χ0) is 35.6. The molecule has 2 aromatic carbocycles. The lowest BCUT2D eigenvalue weighted by Gasteiger charge is -2.42. The number of carbonyl (C=O) groups excluding carboxylic acids is 1. The van der Waals surface area contributed by atoms with Gasteiger partial charge in [0.2, 0.25) is 5.91 Å². The van der Waals surface area contributed by atoms with Crippen molar-refractivity contribution in [3.05, 3.63) is 46.5 Å². The molecule has 0 atom stereocenters. The molecule has 264 valence electrons. The minimum atomic E-state index is -0.299. The summed E-state index contributed by atoms with van der Waals surface area (Å²) in [4.78, 5) is 17.3. The van der Waals surface area contributed by atoms with Crippen LogP contribution in [0.3, 0.4) is 0 Å². The van der Waals surface area contributed by atoms with E-state index in [1.807, 2.05) is 28.4 Å². The Morgan fingerprint density at radius 2 is 1.32 bits per heavy atom. The minimum absolute atomic E-state index is 0.0170. The molecule has 1 saturated heterocycles. The van der Waals surface area contributed by atoms with Gasteiger partial charge in [0.1, 0.15) is 18.1 Å². The lowest BCUT2D eigenvalue weighted by Crippen LogP contribution is -2.43. The zero-order valence-electron chi connectivity index (χ0n) is 31.1. The SMILES string of the molecule is CC(C)(C)c1cc(SC2(Sc3ccc(C(C)(C)C)c(OCCO)c3C(C)(C)C)CCN(C(=O)CCCO)CC2)cc(C(C)(C)C)c1O. The van der Waals surface area contributed by atoms with Crippen molar-refractivity contribution in [2.45, 2.75) is 144 Å². The summed E-state index contributed by atoms with van der Waals surface area (Å²) in [6.07, 6.45) is 2.40. The number of nitrogens with zero attached hydrogens (tertiary/aromatic N) is 1. The van der Waals surface area contributed by atoms with Crippen LogP contribution in [0.5, 0.6) is 11.5 Å². The average molecular weight is 688 g/mol. The number of aromatic hydroxyl groups is 1.